The maximum absolute atomic E-state index is 12.4. The summed E-state index contributed by atoms with van der Waals surface area (Å²) in [6, 6.07) is 17.7. The van der Waals surface area contributed by atoms with Crippen molar-refractivity contribution in [3.8, 4) is 0 Å². The van der Waals surface area contributed by atoms with Crippen LogP contribution in [0.2, 0.25) is 0 Å². The molecule has 0 aliphatic heterocycles. The average molecular weight is 367 g/mol. The van der Waals surface area contributed by atoms with Crippen molar-refractivity contribution in [3.63, 3.8) is 0 Å². The van der Waals surface area contributed by atoms with Crippen LogP contribution >= 0.6 is 11.8 Å². The van der Waals surface area contributed by atoms with Crippen LogP contribution in [0.4, 0.5) is 0 Å². The van der Waals surface area contributed by atoms with E-state index in [1.54, 1.807) is 36.4 Å². The molecule has 6 nitrogen and oxygen atoms in total. The van der Waals surface area contributed by atoms with Crippen molar-refractivity contribution in [2.24, 2.45) is 0 Å². The van der Waals surface area contributed by atoms with Gasteiger partial charge in [-0.05, 0) is 31.2 Å². The smallest absolute Gasteiger partial charge is 0.270 e. The Morgan fingerprint density at radius 2 is 1.69 bits per heavy atom. The van der Waals surface area contributed by atoms with E-state index >= 15 is 0 Å². The summed E-state index contributed by atoms with van der Waals surface area (Å²) in [6.07, 6.45) is 0. The lowest BCUT2D eigenvalue weighted by Crippen LogP contribution is -2.41. The van der Waals surface area contributed by atoms with E-state index in [0.29, 0.717) is 16.9 Å². The molecule has 1 heterocycles. The Labute approximate surface area is 154 Å². The second-order valence-electron chi connectivity index (χ2n) is 5.49. The third-order valence-electron chi connectivity index (χ3n) is 3.50. The first-order chi connectivity index (χ1) is 12.6. The van der Waals surface area contributed by atoms with E-state index in [-0.39, 0.29) is 11.8 Å². The normalized spacial score (nSPS) is 10.3. The van der Waals surface area contributed by atoms with E-state index in [2.05, 4.69) is 16.0 Å². The van der Waals surface area contributed by atoms with Crippen LogP contribution in [0.25, 0.3) is 0 Å². The summed E-state index contributed by atoms with van der Waals surface area (Å²) in [5.74, 6) is 0.536. The van der Waals surface area contributed by atoms with Crippen LogP contribution in [0.15, 0.2) is 70.1 Å². The number of rotatable bonds is 5. The van der Waals surface area contributed by atoms with E-state index < -0.39 is 0 Å². The van der Waals surface area contributed by atoms with Gasteiger partial charge in [-0.2, -0.15) is 0 Å². The van der Waals surface area contributed by atoms with Gasteiger partial charge in [-0.15, -0.1) is 11.8 Å². The standard InChI is InChI=1S/C19H17N3O3S/c1-13-11-15(25-22-13)12-26-17-10-6-5-9-16(17)19(24)21-20-18(23)14-7-3-2-4-8-14/h2-11H,12H2,1H3,(H,20,23)(H,21,24). The number of aromatic nitrogens is 1. The Balaban J connectivity index is 1.63. The van der Waals surface area contributed by atoms with Gasteiger partial charge in [0.05, 0.1) is 17.0 Å². The van der Waals surface area contributed by atoms with Gasteiger partial charge in [0.2, 0.25) is 0 Å². The molecule has 0 bridgehead atoms. The third kappa shape index (κ3) is 4.52. The fraction of sp³-hybridized carbons (Fsp3) is 0.105. The molecule has 0 saturated carbocycles. The van der Waals surface area contributed by atoms with Crippen molar-refractivity contribution in [3.05, 3.63) is 83.2 Å². The van der Waals surface area contributed by atoms with E-state index in [0.717, 1.165) is 16.3 Å². The minimum absolute atomic E-state index is 0.374. The summed E-state index contributed by atoms with van der Waals surface area (Å²) in [4.78, 5) is 25.3. The van der Waals surface area contributed by atoms with Gasteiger partial charge in [0, 0.05) is 16.5 Å². The highest BCUT2D eigenvalue weighted by Gasteiger charge is 2.13. The quantitative estimate of drug-likeness (QED) is 0.534. The molecular formula is C19H17N3O3S. The molecular weight excluding hydrogens is 350 g/mol. The van der Waals surface area contributed by atoms with E-state index in [4.69, 9.17) is 4.52 Å². The van der Waals surface area contributed by atoms with Gasteiger partial charge >= 0.3 is 0 Å². The summed E-state index contributed by atoms with van der Waals surface area (Å²) in [6.45, 7) is 1.86. The van der Waals surface area contributed by atoms with Crippen molar-refractivity contribution >= 4 is 23.6 Å². The molecule has 3 rings (SSSR count). The summed E-state index contributed by atoms with van der Waals surface area (Å²) >= 11 is 1.47. The average Bonchev–Trinajstić information content (AvgIpc) is 3.10. The van der Waals surface area contributed by atoms with Crippen LogP contribution in [0.3, 0.4) is 0 Å². The largest absolute Gasteiger partial charge is 0.360 e. The summed E-state index contributed by atoms with van der Waals surface area (Å²) < 4.78 is 5.19. The molecule has 2 aromatic carbocycles. The Morgan fingerprint density at radius 3 is 2.42 bits per heavy atom. The number of aryl methyl sites for hydroxylation is 1. The number of benzene rings is 2. The Hall–Kier alpha value is -3.06. The van der Waals surface area contributed by atoms with Crippen molar-refractivity contribution in [1.29, 1.82) is 0 Å². The van der Waals surface area contributed by atoms with Crippen LogP contribution in [-0.2, 0) is 5.75 Å². The van der Waals surface area contributed by atoms with Gasteiger partial charge in [0.25, 0.3) is 11.8 Å². The minimum Gasteiger partial charge on any atom is -0.360 e. The van der Waals surface area contributed by atoms with Gasteiger partial charge < -0.3 is 4.52 Å². The van der Waals surface area contributed by atoms with Gasteiger partial charge in [-0.3, -0.25) is 20.4 Å². The van der Waals surface area contributed by atoms with Crippen molar-refractivity contribution in [2.45, 2.75) is 17.6 Å². The van der Waals surface area contributed by atoms with Gasteiger partial charge in [-0.25, -0.2) is 0 Å². The molecule has 0 atom stereocenters. The number of amides is 2. The molecule has 0 aliphatic carbocycles. The molecule has 0 spiro atoms. The van der Waals surface area contributed by atoms with Gasteiger partial charge in [0.15, 0.2) is 0 Å². The monoisotopic (exact) mass is 367 g/mol. The molecule has 3 aromatic rings. The second kappa shape index (κ2) is 8.35. The number of thioether (sulfide) groups is 1. The minimum atomic E-state index is -0.383. The van der Waals surface area contributed by atoms with Crippen LogP contribution < -0.4 is 10.9 Å². The maximum atomic E-state index is 12.4. The first-order valence-electron chi connectivity index (χ1n) is 7.93. The lowest BCUT2D eigenvalue weighted by Gasteiger charge is -2.10. The fourth-order valence-corrected chi connectivity index (χ4v) is 3.18. The zero-order valence-corrected chi connectivity index (χ0v) is 14.9. The summed E-state index contributed by atoms with van der Waals surface area (Å²) in [5.41, 5.74) is 6.64. The zero-order chi connectivity index (χ0) is 18.4. The molecule has 2 N–H and O–H groups in total. The molecule has 0 fully saturated rings. The SMILES string of the molecule is Cc1cc(CSc2ccccc2C(=O)NNC(=O)c2ccccc2)on1. The number of hydrogen-bond donors (Lipinski definition) is 2. The van der Waals surface area contributed by atoms with Crippen molar-refractivity contribution in [1.82, 2.24) is 16.0 Å². The zero-order valence-electron chi connectivity index (χ0n) is 14.1. The Bertz CT molecular complexity index is 909. The highest BCUT2D eigenvalue weighted by molar-refractivity contribution is 7.98. The number of carbonyl (C=O) groups is 2. The highest BCUT2D eigenvalue weighted by atomic mass is 32.2. The molecule has 0 unspecified atom stereocenters. The summed E-state index contributed by atoms with van der Waals surface area (Å²) in [7, 11) is 0. The Kier molecular flexibility index (Phi) is 5.70. The van der Waals surface area contributed by atoms with E-state index in [9.17, 15) is 9.59 Å². The number of carbonyl (C=O) groups excluding carboxylic acids is 2. The molecule has 0 saturated heterocycles. The van der Waals surface area contributed by atoms with E-state index in [1.165, 1.54) is 11.8 Å². The number of hydrogen-bond acceptors (Lipinski definition) is 5. The predicted molar refractivity (Wildman–Crippen MR) is 98.6 cm³/mol. The van der Waals surface area contributed by atoms with Crippen molar-refractivity contribution in [2.75, 3.05) is 0 Å². The lowest BCUT2D eigenvalue weighted by molar-refractivity contribution is 0.0845. The van der Waals surface area contributed by atoms with Crippen LogP contribution in [0, 0.1) is 6.92 Å². The summed E-state index contributed by atoms with van der Waals surface area (Å²) in [5, 5.41) is 3.85. The molecule has 2 amide bonds. The molecule has 26 heavy (non-hydrogen) atoms. The Morgan fingerprint density at radius 1 is 1.00 bits per heavy atom. The second-order valence-corrected chi connectivity index (χ2v) is 6.51. The van der Waals surface area contributed by atoms with Crippen LogP contribution in [0.1, 0.15) is 32.2 Å². The van der Waals surface area contributed by atoms with Crippen molar-refractivity contribution < 1.29 is 14.1 Å². The van der Waals surface area contributed by atoms with Gasteiger partial charge in [0.1, 0.15) is 5.76 Å². The molecule has 0 radical (unpaired) electrons. The molecule has 0 aliphatic rings. The van der Waals surface area contributed by atoms with Crippen LogP contribution in [0.5, 0.6) is 0 Å². The first-order valence-corrected chi connectivity index (χ1v) is 8.92. The van der Waals surface area contributed by atoms with Gasteiger partial charge in [-0.1, -0.05) is 35.5 Å². The molecule has 1 aromatic heterocycles. The number of nitrogens with one attached hydrogen (secondary N) is 2. The lowest BCUT2D eigenvalue weighted by atomic mass is 10.2. The highest BCUT2D eigenvalue weighted by Crippen LogP contribution is 2.26. The third-order valence-corrected chi connectivity index (χ3v) is 4.60. The first kappa shape index (κ1) is 17.8. The maximum Gasteiger partial charge on any atom is 0.270 e. The predicted octanol–water partition coefficient (Wildman–Crippen LogP) is 3.35. The molecule has 132 valence electrons. The topological polar surface area (TPSA) is 84.2 Å². The van der Waals surface area contributed by atoms with E-state index in [1.807, 2.05) is 31.2 Å². The van der Waals surface area contributed by atoms with Crippen LogP contribution in [-0.4, -0.2) is 17.0 Å². The fourth-order valence-electron chi connectivity index (χ4n) is 2.26. The number of hydrazine groups is 1. The molecule has 7 heteroatoms. The number of nitrogens with zero attached hydrogens (tertiary/aromatic N) is 1.